The number of hydrogen-bond donors (Lipinski definition) is 1. The zero-order valence-electron chi connectivity index (χ0n) is 11.8. The van der Waals surface area contributed by atoms with Gasteiger partial charge >= 0.3 is 5.97 Å². The first-order chi connectivity index (χ1) is 10.1. The van der Waals surface area contributed by atoms with Gasteiger partial charge in [0.05, 0.1) is 17.0 Å². The number of aryl methyl sites for hydroxylation is 1. The van der Waals surface area contributed by atoms with Crippen LogP contribution in [0.15, 0.2) is 5.38 Å². The second-order valence-electron chi connectivity index (χ2n) is 5.56. The summed E-state index contributed by atoms with van der Waals surface area (Å²) in [5, 5.41) is 24.2. The Morgan fingerprint density at radius 1 is 1.43 bits per heavy atom. The molecule has 0 spiro atoms. The number of tetrazole rings is 1. The van der Waals surface area contributed by atoms with E-state index >= 15 is 0 Å². The van der Waals surface area contributed by atoms with Crippen molar-refractivity contribution in [3.05, 3.63) is 10.4 Å². The normalized spacial score (nSPS) is 17.8. The van der Waals surface area contributed by atoms with E-state index in [1.165, 1.54) is 11.3 Å². The lowest BCUT2D eigenvalue weighted by molar-refractivity contribution is -0.152. The highest BCUT2D eigenvalue weighted by Crippen LogP contribution is 2.38. The van der Waals surface area contributed by atoms with Crippen molar-refractivity contribution in [1.82, 2.24) is 25.2 Å². The number of carbonyl (C=O) groups is 1. The van der Waals surface area contributed by atoms with Gasteiger partial charge in [-0.25, -0.2) is 9.67 Å². The molecule has 8 heteroatoms. The molecule has 0 unspecified atom stereocenters. The van der Waals surface area contributed by atoms with Crippen LogP contribution in [0, 0.1) is 12.3 Å². The van der Waals surface area contributed by atoms with E-state index in [2.05, 4.69) is 20.5 Å². The standard InChI is InChI=1S/C13H17N5O2S/c1-9-14-10(7-21-9)11-15-16-17-18(11)8-13(12(19)20)5-3-2-4-6-13/h7H,2-6,8H2,1H3,(H,19,20). The van der Waals surface area contributed by atoms with Gasteiger partial charge in [-0.05, 0) is 30.2 Å². The average molecular weight is 307 g/mol. The Morgan fingerprint density at radius 3 is 2.81 bits per heavy atom. The quantitative estimate of drug-likeness (QED) is 0.930. The van der Waals surface area contributed by atoms with E-state index < -0.39 is 11.4 Å². The van der Waals surface area contributed by atoms with Crippen LogP contribution in [0.25, 0.3) is 11.5 Å². The minimum Gasteiger partial charge on any atom is -0.481 e. The van der Waals surface area contributed by atoms with Crippen LogP contribution in [-0.4, -0.2) is 36.3 Å². The van der Waals surface area contributed by atoms with Crippen LogP contribution in [-0.2, 0) is 11.3 Å². The first kappa shape index (κ1) is 14.1. The second kappa shape index (κ2) is 5.51. The smallest absolute Gasteiger partial charge is 0.311 e. The Bertz CT molecular complexity index is 645. The van der Waals surface area contributed by atoms with E-state index in [0.29, 0.717) is 30.9 Å². The highest BCUT2D eigenvalue weighted by Gasteiger charge is 2.41. The number of thiazole rings is 1. The molecule has 112 valence electrons. The Hall–Kier alpha value is -1.83. The van der Waals surface area contributed by atoms with Gasteiger partial charge in [0.25, 0.3) is 0 Å². The number of aliphatic carboxylic acids is 1. The molecule has 0 radical (unpaired) electrons. The number of hydrogen-bond acceptors (Lipinski definition) is 6. The number of carboxylic acid groups (broad SMARTS) is 1. The summed E-state index contributed by atoms with van der Waals surface area (Å²) in [6.07, 6.45) is 4.34. The van der Waals surface area contributed by atoms with Gasteiger partial charge in [-0.1, -0.05) is 19.3 Å². The fourth-order valence-corrected chi connectivity index (χ4v) is 3.51. The molecule has 0 bridgehead atoms. The molecule has 0 saturated heterocycles. The summed E-state index contributed by atoms with van der Waals surface area (Å²) in [6, 6.07) is 0. The van der Waals surface area contributed by atoms with Crippen molar-refractivity contribution < 1.29 is 9.90 Å². The van der Waals surface area contributed by atoms with Crippen molar-refractivity contribution >= 4 is 17.3 Å². The van der Waals surface area contributed by atoms with Crippen LogP contribution in [0.1, 0.15) is 37.1 Å². The first-order valence-corrected chi connectivity index (χ1v) is 7.91. The monoisotopic (exact) mass is 307 g/mol. The molecule has 2 aromatic rings. The summed E-state index contributed by atoms with van der Waals surface area (Å²) in [7, 11) is 0. The largest absolute Gasteiger partial charge is 0.481 e. The fourth-order valence-electron chi connectivity index (χ4n) is 2.92. The molecule has 0 amide bonds. The number of carboxylic acids is 1. The second-order valence-corrected chi connectivity index (χ2v) is 6.62. The molecule has 0 aromatic carbocycles. The molecular weight excluding hydrogens is 290 g/mol. The maximum atomic E-state index is 11.8. The Kier molecular flexibility index (Phi) is 3.71. The number of aromatic nitrogens is 5. The van der Waals surface area contributed by atoms with Crippen LogP contribution in [0.4, 0.5) is 0 Å². The molecule has 1 saturated carbocycles. The van der Waals surface area contributed by atoms with Gasteiger partial charge in [-0.2, -0.15) is 0 Å². The summed E-state index contributed by atoms with van der Waals surface area (Å²) in [5.74, 6) is -0.205. The topological polar surface area (TPSA) is 93.8 Å². The third kappa shape index (κ3) is 2.67. The molecule has 1 aliphatic rings. The predicted octanol–water partition coefficient (Wildman–Crippen LogP) is 2.14. The summed E-state index contributed by atoms with van der Waals surface area (Å²) in [6.45, 7) is 2.23. The predicted molar refractivity (Wildman–Crippen MR) is 76.8 cm³/mol. The van der Waals surface area contributed by atoms with Crippen molar-refractivity contribution in [1.29, 1.82) is 0 Å². The van der Waals surface area contributed by atoms with Crippen molar-refractivity contribution in [2.24, 2.45) is 5.41 Å². The van der Waals surface area contributed by atoms with Crippen LogP contribution < -0.4 is 0 Å². The Labute approximate surface area is 126 Å². The van der Waals surface area contributed by atoms with Crippen LogP contribution in [0.5, 0.6) is 0 Å². The Balaban J connectivity index is 1.91. The van der Waals surface area contributed by atoms with E-state index in [1.54, 1.807) is 4.68 Å². The summed E-state index contributed by atoms with van der Waals surface area (Å²) >= 11 is 1.53. The Morgan fingerprint density at radius 2 is 2.19 bits per heavy atom. The highest BCUT2D eigenvalue weighted by molar-refractivity contribution is 7.09. The van der Waals surface area contributed by atoms with E-state index in [-0.39, 0.29) is 0 Å². The SMILES string of the molecule is Cc1nc(-c2nnnn2CC2(C(=O)O)CCCCC2)cs1. The van der Waals surface area contributed by atoms with Crippen LogP contribution >= 0.6 is 11.3 Å². The molecule has 2 aromatic heterocycles. The molecule has 1 N–H and O–H groups in total. The highest BCUT2D eigenvalue weighted by atomic mass is 32.1. The van der Waals surface area contributed by atoms with Crippen LogP contribution in [0.2, 0.25) is 0 Å². The molecule has 3 rings (SSSR count). The molecule has 2 heterocycles. The lowest BCUT2D eigenvalue weighted by Gasteiger charge is -2.32. The zero-order valence-corrected chi connectivity index (χ0v) is 12.6. The minimum atomic E-state index is -0.757. The molecule has 0 atom stereocenters. The summed E-state index contributed by atoms with van der Waals surface area (Å²) in [4.78, 5) is 16.1. The molecule has 0 aliphatic heterocycles. The van der Waals surface area contributed by atoms with Gasteiger partial charge < -0.3 is 5.11 Å². The molecule has 7 nitrogen and oxygen atoms in total. The number of nitrogens with zero attached hydrogens (tertiary/aromatic N) is 5. The maximum absolute atomic E-state index is 11.8. The average Bonchev–Trinajstić information content (AvgIpc) is 3.08. The molecule has 1 aliphatic carbocycles. The van der Waals surface area contributed by atoms with E-state index in [0.717, 1.165) is 24.3 Å². The van der Waals surface area contributed by atoms with Crippen molar-refractivity contribution in [3.63, 3.8) is 0 Å². The van der Waals surface area contributed by atoms with Gasteiger partial charge in [-0.15, -0.1) is 16.4 Å². The minimum absolute atomic E-state index is 0.307. The molecule has 21 heavy (non-hydrogen) atoms. The van der Waals surface area contributed by atoms with E-state index in [9.17, 15) is 9.90 Å². The summed E-state index contributed by atoms with van der Waals surface area (Å²) < 4.78 is 1.59. The van der Waals surface area contributed by atoms with Crippen LogP contribution in [0.3, 0.4) is 0 Å². The molecular formula is C13H17N5O2S. The van der Waals surface area contributed by atoms with Crippen molar-refractivity contribution in [3.8, 4) is 11.5 Å². The first-order valence-electron chi connectivity index (χ1n) is 7.03. The van der Waals surface area contributed by atoms with Gasteiger partial charge in [-0.3, -0.25) is 4.79 Å². The van der Waals surface area contributed by atoms with E-state index in [1.807, 2.05) is 12.3 Å². The van der Waals surface area contributed by atoms with Crippen molar-refractivity contribution in [2.75, 3.05) is 0 Å². The lowest BCUT2D eigenvalue weighted by Crippen LogP contribution is -2.38. The lowest BCUT2D eigenvalue weighted by atomic mass is 9.74. The van der Waals surface area contributed by atoms with Gasteiger partial charge in [0.1, 0.15) is 5.69 Å². The van der Waals surface area contributed by atoms with Gasteiger partial charge in [0, 0.05) is 5.38 Å². The van der Waals surface area contributed by atoms with Crippen molar-refractivity contribution in [2.45, 2.75) is 45.6 Å². The number of rotatable bonds is 4. The van der Waals surface area contributed by atoms with Gasteiger partial charge in [0.2, 0.25) is 5.82 Å². The van der Waals surface area contributed by atoms with E-state index in [4.69, 9.17) is 0 Å². The van der Waals surface area contributed by atoms with Gasteiger partial charge in [0.15, 0.2) is 0 Å². The third-order valence-electron chi connectivity index (χ3n) is 4.10. The maximum Gasteiger partial charge on any atom is 0.311 e. The fraction of sp³-hybridized carbons (Fsp3) is 0.615. The summed E-state index contributed by atoms with van der Waals surface area (Å²) in [5.41, 5.74) is -0.0492. The third-order valence-corrected chi connectivity index (χ3v) is 4.87. The zero-order chi connectivity index (χ0) is 14.9. The molecule has 1 fully saturated rings.